The number of hydrogen-bond acceptors (Lipinski definition) is 5. The quantitative estimate of drug-likeness (QED) is 0.524. The number of aliphatic carboxylic acids is 1. The molecule has 0 saturated carbocycles. The van der Waals surface area contributed by atoms with Gasteiger partial charge in [-0.2, -0.15) is 0 Å². The van der Waals surface area contributed by atoms with Gasteiger partial charge in [0.05, 0.1) is 10.7 Å². The largest absolute Gasteiger partial charge is 0.550 e. The number of carboxylic acid groups (broad SMARTS) is 1. The van der Waals surface area contributed by atoms with E-state index in [0.717, 1.165) is 3.57 Å². The monoisotopic (exact) mass is 391 g/mol. The molecule has 0 heterocycles. The summed E-state index contributed by atoms with van der Waals surface area (Å²) in [6, 6.07) is 4.78. The number of carbonyl (C=O) groups is 3. The predicted molar refractivity (Wildman–Crippen MR) is 75.6 cm³/mol. The molecule has 0 radical (unpaired) electrons. The second kappa shape index (κ2) is 7.68. The van der Waals surface area contributed by atoms with E-state index in [0.29, 0.717) is 11.3 Å². The van der Waals surface area contributed by atoms with Crippen LogP contribution in [0.4, 0.5) is 0 Å². The van der Waals surface area contributed by atoms with Crippen LogP contribution in [0.5, 0.6) is 5.75 Å². The molecule has 7 nitrogen and oxygen atoms in total. The lowest BCUT2D eigenvalue weighted by atomic mass is 10.2. The van der Waals surface area contributed by atoms with Crippen molar-refractivity contribution in [3.8, 4) is 5.75 Å². The van der Waals surface area contributed by atoms with Gasteiger partial charge in [0.25, 0.3) is 5.91 Å². The molecule has 0 aromatic heterocycles. The molecule has 0 saturated heterocycles. The zero-order valence-corrected chi connectivity index (χ0v) is 12.7. The lowest BCUT2D eigenvalue weighted by Crippen LogP contribution is -2.42. The van der Waals surface area contributed by atoms with E-state index in [9.17, 15) is 19.5 Å². The summed E-state index contributed by atoms with van der Waals surface area (Å²) in [6.07, 6.45) is -0.662. The highest BCUT2D eigenvalue weighted by atomic mass is 127. The number of hydrazine groups is 1. The van der Waals surface area contributed by atoms with Crippen LogP contribution in [0.2, 0.25) is 0 Å². The molecule has 20 heavy (non-hydrogen) atoms. The average Bonchev–Trinajstić information content (AvgIpc) is 2.42. The Morgan fingerprint density at radius 3 is 2.50 bits per heavy atom. The molecular formula is C12H12IN2O5-. The molecule has 1 rings (SSSR count). The molecule has 108 valence electrons. The number of rotatable bonds is 5. The van der Waals surface area contributed by atoms with Crippen LogP contribution >= 0.6 is 22.6 Å². The minimum absolute atomic E-state index is 0.261. The third-order valence-corrected chi connectivity index (χ3v) is 3.13. The number of nitrogens with one attached hydrogen (secondary N) is 2. The lowest BCUT2D eigenvalue weighted by Gasteiger charge is -2.09. The van der Waals surface area contributed by atoms with Gasteiger partial charge in [-0.15, -0.1) is 0 Å². The second-order valence-corrected chi connectivity index (χ2v) is 4.89. The van der Waals surface area contributed by atoms with Gasteiger partial charge >= 0.3 is 0 Å². The van der Waals surface area contributed by atoms with Gasteiger partial charge in [-0.1, -0.05) is 0 Å². The van der Waals surface area contributed by atoms with Gasteiger partial charge in [-0.05, 0) is 47.2 Å². The number of ether oxygens (including phenoxy) is 1. The molecule has 0 aliphatic carbocycles. The van der Waals surface area contributed by atoms with Crippen molar-refractivity contribution < 1.29 is 24.2 Å². The van der Waals surface area contributed by atoms with Crippen LogP contribution in [-0.2, 0) is 9.59 Å². The van der Waals surface area contributed by atoms with E-state index >= 15 is 0 Å². The highest BCUT2D eigenvalue weighted by Gasteiger charge is 2.09. The maximum absolute atomic E-state index is 11.7. The molecule has 1 aromatic carbocycles. The molecule has 0 aliphatic heterocycles. The van der Waals surface area contributed by atoms with Crippen molar-refractivity contribution in [2.75, 3.05) is 7.11 Å². The van der Waals surface area contributed by atoms with Crippen molar-refractivity contribution >= 4 is 40.4 Å². The van der Waals surface area contributed by atoms with Gasteiger partial charge < -0.3 is 14.6 Å². The molecule has 8 heteroatoms. The fraction of sp³-hybridized carbons (Fsp3) is 0.250. The number of amides is 2. The number of methoxy groups -OCH3 is 1. The Morgan fingerprint density at radius 2 is 1.95 bits per heavy atom. The molecule has 0 fully saturated rings. The number of carboxylic acids is 1. The second-order valence-electron chi connectivity index (χ2n) is 3.72. The predicted octanol–water partition coefficient (Wildman–Crippen LogP) is -0.409. The summed E-state index contributed by atoms with van der Waals surface area (Å²) in [5.74, 6) is -1.80. The van der Waals surface area contributed by atoms with Crippen molar-refractivity contribution in [2.24, 2.45) is 0 Å². The Kier molecular flexibility index (Phi) is 6.22. The maximum Gasteiger partial charge on any atom is 0.269 e. The first-order valence-electron chi connectivity index (χ1n) is 5.56. The molecule has 0 unspecified atom stereocenters. The summed E-state index contributed by atoms with van der Waals surface area (Å²) >= 11 is 2.02. The first kappa shape index (κ1) is 16.2. The summed E-state index contributed by atoms with van der Waals surface area (Å²) in [6.45, 7) is 0. The maximum atomic E-state index is 11.7. The zero-order valence-electron chi connectivity index (χ0n) is 10.6. The molecule has 0 aliphatic rings. The number of benzene rings is 1. The van der Waals surface area contributed by atoms with Gasteiger partial charge in [0.15, 0.2) is 0 Å². The normalized spacial score (nSPS) is 9.70. The van der Waals surface area contributed by atoms with E-state index in [1.54, 1.807) is 18.2 Å². The smallest absolute Gasteiger partial charge is 0.269 e. The Morgan fingerprint density at radius 1 is 1.25 bits per heavy atom. The lowest BCUT2D eigenvalue weighted by molar-refractivity contribution is -0.305. The molecule has 2 N–H and O–H groups in total. The molecule has 0 spiro atoms. The van der Waals surface area contributed by atoms with E-state index < -0.39 is 24.2 Å². The minimum Gasteiger partial charge on any atom is -0.550 e. The zero-order chi connectivity index (χ0) is 15.1. The fourth-order valence-corrected chi connectivity index (χ4v) is 2.02. The van der Waals surface area contributed by atoms with Crippen molar-refractivity contribution in [2.45, 2.75) is 12.8 Å². The summed E-state index contributed by atoms with van der Waals surface area (Å²) in [5, 5.41) is 10.2. The van der Waals surface area contributed by atoms with E-state index in [1.165, 1.54) is 7.11 Å². The van der Waals surface area contributed by atoms with Crippen molar-refractivity contribution in [1.29, 1.82) is 0 Å². The van der Waals surface area contributed by atoms with Gasteiger partial charge in [0.2, 0.25) is 5.91 Å². The van der Waals surface area contributed by atoms with Crippen LogP contribution in [0.25, 0.3) is 0 Å². The minimum atomic E-state index is -1.32. The number of halogens is 1. The van der Waals surface area contributed by atoms with Crippen LogP contribution in [0.15, 0.2) is 18.2 Å². The molecule has 1 aromatic rings. The Labute approximate surface area is 128 Å². The average molecular weight is 391 g/mol. The molecule has 2 amide bonds. The summed E-state index contributed by atoms with van der Waals surface area (Å²) in [4.78, 5) is 33.1. The summed E-state index contributed by atoms with van der Waals surface area (Å²) in [7, 11) is 1.52. The number of hydrogen-bond donors (Lipinski definition) is 2. The van der Waals surface area contributed by atoms with Crippen molar-refractivity contribution in [1.82, 2.24) is 10.9 Å². The van der Waals surface area contributed by atoms with Gasteiger partial charge in [-0.3, -0.25) is 20.4 Å². The standard InChI is InChI=1S/C12H13IN2O5/c1-20-9-3-2-7(6-8(9)13)12(19)15-14-10(16)4-5-11(17)18/h2-3,6H,4-5H2,1H3,(H,14,16)(H,15,19)(H,17,18)/p-1. The summed E-state index contributed by atoms with van der Waals surface area (Å²) in [5.41, 5.74) is 4.66. The first-order chi connectivity index (χ1) is 9.43. The van der Waals surface area contributed by atoms with Crippen LogP contribution in [-0.4, -0.2) is 24.9 Å². The van der Waals surface area contributed by atoms with Crippen LogP contribution in [0, 0.1) is 3.57 Å². The summed E-state index contributed by atoms with van der Waals surface area (Å²) < 4.78 is 5.81. The van der Waals surface area contributed by atoms with Crippen LogP contribution in [0.3, 0.4) is 0 Å². The third kappa shape index (κ3) is 5.03. The van der Waals surface area contributed by atoms with Gasteiger partial charge in [0.1, 0.15) is 5.75 Å². The molecule has 0 bridgehead atoms. The Balaban J connectivity index is 2.52. The van der Waals surface area contributed by atoms with Gasteiger partial charge in [0, 0.05) is 18.0 Å². The molecule has 0 atom stereocenters. The van der Waals surface area contributed by atoms with Gasteiger partial charge in [-0.25, -0.2) is 0 Å². The Bertz CT molecular complexity index is 533. The fourth-order valence-electron chi connectivity index (χ4n) is 1.28. The highest BCUT2D eigenvalue weighted by molar-refractivity contribution is 14.1. The van der Waals surface area contributed by atoms with Crippen LogP contribution < -0.4 is 20.7 Å². The SMILES string of the molecule is COc1ccc(C(=O)NNC(=O)CCC(=O)[O-])cc1I. The van der Waals surface area contributed by atoms with E-state index in [2.05, 4.69) is 10.9 Å². The Hall–Kier alpha value is -1.84. The van der Waals surface area contributed by atoms with Crippen molar-refractivity contribution in [3.05, 3.63) is 27.3 Å². The molecular weight excluding hydrogens is 379 g/mol. The van der Waals surface area contributed by atoms with E-state index in [4.69, 9.17) is 4.74 Å². The van der Waals surface area contributed by atoms with E-state index in [-0.39, 0.29) is 6.42 Å². The van der Waals surface area contributed by atoms with Crippen molar-refractivity contribution in [3.63, 3.8) is 0 Å². The first-order valence-corrected chi connectivity index (χ1v) is 6.64. The highest BCUT2D eigenvalue weighted by Crippen LogP contribution is 2.21. The third-order valence-electron chi connectivity index (χ3n) is 2.29. The van der Waals surface area contributed by atoms with Crippen LogP contribution in [0.1, 0.15) is 23.2 Å². The topological polar surface area (TPSA) is 108 Å². The van der Waals surface area contributed by atoms with E-state index in [1.807, 2.05) is 22.6 Å². The number of carbonyl (C=O) groups excluding carboxylic acids is 3.